The molecule has 8 atom stereocenters. The Bertz CT molecular complexity index is 1290. The first-order valence-electron chi connectivity index (χ1n) is 16.3. The van der Waals surface area contributed by atoms with Gasteiger partial charge >= 0.3 is 5.97 Å². The fraction of sp³-hybridized carbons (Fsp3) is 0.800. The summed E-state index contributed by atoms with van der Waals surface area (Å²) in [4.78, 5) is 25.9. The predicted octanol–water partition coefficient (Wildman–Crippen LogP) is 7.19. The number of aromatic amines is 1. The molecule has 0 radical (unpaired) electrons. The van der Waals surface area contributed by atoms with Crippen LogP contribution in [0.5, 0.6) is 0 Å². The van der Waals surface area contributed by atoms with Gasteiger partial charge in [0.1, 0.15) is 18.0 Å². The van der Waals surface area contributed by atoms with E-state index in [0.29, 0.717) is 36.1 Å². The summed E-state index contributed by atoms with van der Waals surface area (Å²) >= 11 is 0. The van der Waals surface area contributed by atoms with Crippen molar-refractivity contribution < 1.29 is 14.3 Å². The lowest BCUT2D eigenvalue weighted by atomic mass is 9.34. The van der Waals surface area contributed by atoms with Crippen molar-refractivity contribution in [3.05, 3.63) is 22.9 Å². The van der Waals surface area contributed by atoms with Crippen LogP contribution in [0.15, 0.2) is 11.6 Å². The molecule has 0 aliphatic heterocycles. The van der Waals surface area contributed by atoms with Crippen molar-refractivity contribution in [1.29, 1.82) is 0 Å². The molecule has 0 spiro atoms. The average Bonchev–Trinajstić information content (AvgIpc) is 3.24. The fourth-order valence-electron chi connectivity index (χ4n) is 11.9. The first-order valence-corrected chi connectivity index (χ1v) is 16.3. The minimum atomic E-state index is -0.368. The number of nitrogen functional groups attached to an aromatic ring is 1. The monoisotopic (exact) mass is 563 g/mol. The summed E-state index contributed by atoms with van der Waals surface area (Å²) in [7, 11) is 0. The van der Waals surface area contributed by atoms with Gasteiger partial charge in [0.05, 0.1) is 6.61 Å². The Morgan fingerprint density at radius 2 is 1.78 bits per heavy atom. The second kappa shape index (κ2) is 9.19. The summed E-state index contributed by atoms with van der Waals surface area (Å²) in [6, 6.07) is 0. The number of ketones is 1. The van der Waals surface area contributed by atoms with Crippen LogP contribution in [0, 0.1) is 51.2 Å². The van der Waals surface area contributed by atoms with Gasteiger partial charge in [-0.3, -0.25) is 14.7 Å². The summed E-state index contributed by atoms with van der Waals surface area (Å²) in [5, 5.41) is 7.80. The highest BCUT2D eigenvalue weighted by molar-refractivity contribution is 5.97. The van der Waals surface area contributed by atoms with Gasteiger partial charge in [0, 0.05) is 22.6 Å². The number of carbonyl (C=O) groups excluding carboxylic acids is 2. The number of hydrogen-bond donors (Lipinski definition) is 2. The molecule has 0 bridgehead atoms. The van der Waals surface area contributed by atoms with Crippen LogP contribution in [0.3, 0.4) is 0 Å². The Balaban J connectivity index is 1.37. The van der Waals surface area contributed by atoms with Gasteiger partial charge in [-0.05, 0) is 104 Å². The quantitative estimate of drug-likeness (QED) is 0.230. The molecule has 226 valence electrons. The van der Waals surface area contributed by atoms with Gasteiger partial charge in [-0.1, -0.05) is 60.1 Å². The molecule has 6 heteroatoms. The Morgan fingerprint density at radius 3 is 2.49 bits per heavy atom. The molecular weight excluding hydrogens is 510 g/mol. The number of anilines is 1. The maximum Gasteiger partial charge on any atom is 0.313 e. The van der Waals surface area contributed by atoms with Gasteiger partial charge in [0.2, 0.25) is 0 Å². The summed E-state index contributed by atoms with van der Waals surface area (Å²) in [6.07, 6.45) is 11.3. The Hall–Kier alpha value is -2.11. The van der Waals surface area contributed by atoms with Crippen LogP contribution in [-0.4, -0.2) is 28.6 Å². The lowest BCUT2D eigenvalue weighted by Crippen LogP contribution is -2.63. The zero-order valence-electron chi connectivity index (χ0n) is 26.8. The summed E-state index contributed by atoms with van der Waals surface area (Å²) < 4.78 is 5.17. The number of rotatable bonds is 4. The second-order valence-corrected chi connectivity index (χ2v) is 16.6. The maximum atomic E-state index is 13.6. The normalized spacial score (nSPS) is 42.0. The maximum absolute atomic E-state index is 13.6. The Kier molecular flexibility index (Phi) is 6.50. The molecule has 0 aromatic carbocycles. The van der Waals surface area contributed by atoms with E-state index < -0.39 is 0 Å². The van der Waals surface area contributed by atoms with Crippen LogP contribution in [0.2, 0.25) is 0 Å². The van der Waals surface area contributed by atoms with Gasteiger partial charge in [0.25, 0.3) is 0 Å². The molecule has 3 saturated carbocycles. The van der Waals surface area contributed by atoms with E-state index in [1.165, 1.54) is 24.1 Å². The molecule has 6 nitrogen and oxygen atoms in total. The number of H-pyrrole nitrogens is 1. The van der Waals surface area contributed by atoms with Crippen LogP contribution in [0.25, 0.3) is 0 Å². The van der Waals surface area contributed by atoms with E-state index >= 15 is 0 Å². The van der Waals surface area contributed by atoms with Crippen LogP contribution < -0.4 is 5.73 Å². The highest BCUT2D eigenvalue weighted by atomic mass is 16.5. The van der Waals surface area contributed by atoms with Crippen molar-refractivity contribution >= 4 is 17.6 Å². The van der Waals surface area contributed by atoms with Gasteiger partial charge in [-0.15, -0.1) is 0 Å². The third-order valence-corrected chi connectivity index (χ3v) is 13.8. The third kappa shape index (κ3) is 3.97. The van der Waals surface area contributed by atoms with E-state index in [4.69, 9.17) is 10.5 Å². The minimum absolute atomic E-state index is 0.0107. The third-order valence-electron chi connectivity index (χ3n) is 13.8. The number of hydrogen-bond acceptors (Lipinski definition) is 5. The smallest absolute Gasteiger partial charge is 0.313 e. The van der Waals surface area contributed by atoms with Gasteiger partial charge in [-0.25, -0.2) is 0 Å². The molecule has 1 heterocycles. The predicted molar refractivity (Wildman–Crippen MR) is 162 cm³/mol. The molecule has 3 fully saturated rings. The first-order chi connectivity index (χ1) is 19.1. The lowest BCUT2D eigenvalue weighted by molar-refractivity contribution is -0.158. The molecule has 0 amide bonds. The number of nitrogens with zero attached hydrogens (tertiary/aromatic N) is 1. The molecule has 3 unspecified atom stereocenters. The summed E-state index contributed by atoms with van der Waals surface area (Å²) in [5.41, 5.74) is 11.1. The largest absolute Gasteiger partial charge is 0.466 e. The number of nitrogens with two attached hydrogens (primary N) is 1. The topological polar surface area (TPSA) is 98.1 Å². The molecule has 0 saturated heterocycles. The van der Waals surface area contributed by atoms with E-state index in [1.54, 1.807) is 12.5 Å². The molecule has 5 aliphatic carbocycles. The van der Waals surface area contributed by atoms with Crippen molar-refractivity contribution in [3.63, 3.8) is 0 Å². The van der Waals surface area contributed by atoms with E-state index in [9.17, 15) is 9.59 Å². The number of ether oxygens (including phenoxy) is 1. The summed E-state index contributed by atoms with van der Waals surface area (Å²) in [5.74, 6) is 2.25. The standard InChI is InChI=1S/C35H53N3O3/c1-9-41-28(40)16-25(39)22-18-31(2,3)17-21-20(22)12-14-34(7)24(21)10-11-27-33(6)19-23-29(37-38-30(23)36)32(4,5)26(33)13-15-35(27,34)8/h10,20-22,26-27H,9,11-19H2,1-8H3,(H3,36,37,38)/t20-,21?,22+,26?,27?,33-,34+,35+/m0/s1. The average molecular weight is 564 g/mol. The SMILES string of the molecule is CCOC(=O)CC(=O)[C@@H]1CC(C)(C)CC2C3=CCC4[C@@]5(C)Cc6c(N)n[nH]c6C(C)(C)C5CC[C@@]4(C)[C@]3(C)CC[C@@H]21. The number of esters is 1. The number of carbonyl (C=O) groups is 2. The number of fused-ring (bicyclic) bond motifs is 8. The van der Waals surface area contributed by atoms with Crippen LogP contribution in [0.4, 0.5) is 5.82 Å². The molecule has 1 aromatic heterocycles. The number of aromatic nitrogens is 2. The van der Waals surface area contributed by atoms with Gasteiger partial charge in [0.15, 0.2) is 0 Å². The van der Waals surface area contributed by atoms with Crippen molar-refractivity contribution in [1.82, 2.24) is 10.2 Å². The van der Waals surface area contributed by atoms with Crippen molar-refractivity contribution in [2.75, 3.05) is 12.3 Å². The highest BCUT2D eigenvalue weighted by Crippen LogP contribution is 2.74. The highest BCUT2D eigenvalue weighted by Gasteiger charge is 2.67. The molecule has 3 N–H and O–H groups in total. The molecular formula is C35H53N3O3. The number of allylic oxidation sites excluding steroid dienone is 2. The molecule has 6 rings (SSSR count). The molecule has 41 heavy (non-hydrogen) atoms. The van der Waals surface area contributed by atoms with Gasteiger partial charge < -0.3 is 10.5 Å². The van der Waals surface area contributed by atoms with Crippen molar-refractivity contribution in [3.8, 4) is 0 Å². The Labute approximate surface area is 247 Å². The number of Topliss-reactive ketones (excluding diaryl/α,β-unsaturated/α-hetero) is 1. The van der Waals surface area contributed by atoms with Crippen LogP contribution >= 0.6 is 0 Å². The zero-order valence-corrected chi connectivity index (χ0v) is 26.8. The first kappa shape index (κ1) is 29.0. The van der Waals surface area contributed by atoms with Crippen molar-refractivity contribution in [2.24, 2.45) is 51.2 Å². The zero-order chi connectivity index (χ0) is 29.8. The van der Waals surface area contributed by atoms with Crippen LogP contribution in [-0.2, 0) is 26.2 Å². The fourth-order valence-corrected chi connectivity index (χ4v) is 11.9. The molecule has 5 aliphatic rings. The summed E-state index contributed by atoms with van der Waals surface area (Å²) in [6.45, 7) is 19.4. The minimum Gasteiger partial charge on any atom is -0.466 e. The van der Waals surface area contributed by atoms with E-state index in [2.05, 4.69) is 64.7 Å². The Morgan fingerprint density at radius 1 is 1.05 bits per heavy atom. The van der Waals surface area contributed by atoms with Gasteiger partial charge in [-0.2, -0.15) is 5.10 Å². The second-order valence-electron chi connectivity index (χ2n) is 16.6. The van der Waals surface area contributed by atoms with E-state index in [0.717, 1.165) is 38.5 Å². The molecule has 1 aromatic rings. The van der Waals surface area contributed by atoms with Crippen molar-refractivity contribution in [2.45, 2.75) is 119 Å². The lowest BCUT2D eigenvalue weighted by Gasteiger charge is -2.70. The number of nitrogens with one attached hydrogen (secondary N) is 1. The van der Waals surface area contributed by atoms with E-state index in [-0.39, 0.29) is 51.2 Å². The van der Waals surface area contributed by atoms with Crippen LogP contribution in [0.1, 0.15) is 118 Å². The van der Waals surface area contributed by atoms with E-state index in [1.807, 2.05) is 0 Å².